The topological polar surface area (TPSA) is 72.5 Å². The fraction of sp³-hybridized carbons (Fsp3) is 0.762. The Labute approximate surface area is 150 Å². The average molecular weight is 345 g/mol. The molecule has 4 rings (SSSR count). The van der Waals surface area contributed by atoms with E-state index in [-0.39, 0.29) is 35.0 Å². The highest BCUT2D eigenvalue weighted by Gasteiger charge is 2.60. The summed E-state index contributed by atoms with van der Waals surface area (Å²) in [4.78, 5) is 11.5. The first kappa shape index (κ1) is 17.3. The SMILES string of the molecule is CC(=O)O[C@@H]1C[C@H]2[C@@H]3CC=C4C[C@@H](O)C=C[C@]4(C)[C@H]3CC[C@]2(C)[C@H]1N. The highest BCUT2D eigenvalue weighted by atomic mass is 16.5. The minimum Gasteiger partial charge on any atom is -0.461 e. The minimum absolute atomic E-state index is 0.0564. The number of esters is 1. The molecule has 0 heterocycles. The van der Waals surface area contributed by atoms with Gasteiger partial charge < -0.3 is 15.6 Å². The highest BCUT2D eigenvalue weighted by Crippen LogP contribution is 2.63. The van der Waals surface area contributed by atoms with Crippen molar-refractivity contribution in [3.05, 3.63) is 23.8 Å². The molecule has 0 bridgehead atoms. The fourth-order valence-electron chi connectivity index (χ4n) is 6.60. The molecule has 2 fully saturated rings. The molecule has 4 aliphatic rings. The van der Waals surface area contributed by atoms with Crippen LogP contribution in [0.4, 0.5) is 0 Å². The molecule has 4 nitrogen and oxygen atoms in total. The van der Waals surface area contributed by atoms with Crippen LogP contribution in [0, 0.1) is 28.6 Å². The lowest BCUT2D eigenvalue weighted by atomic mass is 9.49. The summed E-state index contributed by atoms with van der Waals surface area (Å²) in [5, 5.41) is 10.0. The van der Waals surface area contributed by atoms with Crippen molar-refractivity contribution in [3.63, 3.8) is 0 Å². The summed E-state index contributed by atoms with van der Waals surface area (Å²) >= 11 is 0. The Hall–Kier alpha value is -1.13. The normalized spacial score (nSPS) is 51.2. The van der Waals surface area contributed by atoms with Gasteiger partial charge in [-0.2, -0.15) is 0 Å². The third-order valence-electron chi connectivity index (χ3n) is 8.03. The van der Waals surface area contributed by atoms with Gasteiger partial charge in [-0.3, -0.25) is 4.79 Å². The fourth-order valence-corrected chi connectivity index (χ4v) is 6.60. The van der Waals surface area contributed by atoms with Crippen LogP contribution in [-0.2, 0) is 9.53 Å². The van der Waals surface area contributed by atoms with E-state index in [9.17, 15) is 9.90 Å². The summed E-state index contributed by atoms with van der Waals surface area (Å²) in [6.07, 6.45) is 11.1. The Kier molecular flexibility index (Phi) is 3.93. The van der Waals surface area contributed by atoms with Crippen LogP contribution in [-0.4, -0.2) is 29.3 Å². The van der Waals surface area contributed by atoms with E-state index in [2.05, 4.69) is 26.0 Å². The molecule has 138 valence electrons. The van der Waals surface area contributed by atoms with Crippen LogP contribution >= 0.6 is 0 Å². The second-order valence-corrected chi connectivity index (χ2v) is 9.21. The Morgan fingerprint density at radius 2 is 2.12 bits per heavy atom. The number of aliphatic hydroxyl groups is 1. The smallest absolute Gasteiger partial charge is 0.302 e. The summed E-state index contributed by atoms with van der Waals surface area (Å²) in [6, 6.07) is -0.0655. The van der Waals surface area contributed by atoms with Crippen molar-refractivity contribution in [2.45, 2.75) is 71.1 Å². The molecule has 3 N–H and O–H groups in total. The third-order valence-corrected chi connectivity index (χ3v) is 8.03. The zero-order chi connectivity index (χ0) is 18.0. The average Bonchev–Trinajstić information content (AvgIpc) is 2.79. The molecule has 0 unspecified atom stereocenters. The van der Waals surface area contributed by atoms with E-state index in [1.54, 1.807) is 0 Å². The Bertz CT molecular complexity index is 641. The van der Waals surface area contributed by atoms with Crippen LogP contribution in [0.25, 0.3) is 0 Å². The molecule has 0 radical (unpaired) electrons. The molecule has 0 saturated heterocycles. The molecular weight excluding hydrogens is 314 g/mol. The first-order valence-corrected chi connectivity index (χ1v) is 9.75. The van der Waals surface area contributed by atoms with Crippen molar-refractivity contribution in [1.29, 1.82) is 0 Å². The van der Waals surface area contributed by atoms with E-state index in [0.717, 1.165) is 32.1 Å². The number of ether oxygens (including phenoxy) is 1. The third kappa shape index (κ3) is 2.44. The summed E-state index contributed by atoms with van der Waals surface area (Å²) in [5.41, 5.74) is 8.11. The van der Waals surface area contributed by atoms with E-state index in [1.165, 1.54) is 12.5 Å². The van der Waals surface area contributed by atoms with E-state index in [0.29, 0.717) is 17.8 Å². The monoisotopic (exact) mass is 345 g/mol. The summed E-state index contributed by atoms with van der Waals surface area (Å²) < 4.78 is 5.58. The van der Waals surface area contributed by atoms with Crippen molar-refractivity contribution in [1.82, 2.24) is 0 Å². The van der Waals surface area contributed by atoms with E-state index < -0.39 is 0 Å². The van der Waals surface area contributed by atoms with Crippen molar-refractivity contribution in [2.24, 2.45) is 34.3 Å². The van der Waals surface area contributed by atoms with Crippen molar-refractivity contribution in [2.75, 3.05) is 0 Å². The first-order valence-electron chi connectivity index (χ1n) is 9.75. The summed E-state index contributed by atoms with van der Waals surface area (Å²) in [6.45, 7) is 6.14. The standard InChI is InChI=1S/C21H31NO3/c1-12(23)25-18-11-17-15-5-4-13-10-14(24)6-8-20(13,2)16(15)7-9-21(17,3)19(18)22/h4,6,8,14-19,24H,5,7,9-11,22H2,1-3H3/t14-,15+,16-,17-,18+,19-,20-,21-/m0/s1. The molecule has 0 aromatic carbocycles. The van der Waals surface area contributed by atoms with Gasteiger partial charge in [-0.1, -0.05) is 37.6 Å². The molecule has 0 spiro atoms. The zero-order valence-electron chi connectivity index (χ0n) is 15.6. The van der Waals surface area contributed by atoms with E-state index in [1.807, 2.05) is 6.08 Å². The van der Waals surface area contributed by atoms with Gasteiger partial charge in [0.15, 0.2) is 0 Å². The van der Waals surface area contributed by atoms with E-state index >= 15 is 0 Å². The van der Waals surface area contributed by atoms with Crippen LogP contribution in [0.15, 0.2) is 23.8 Å². The summed E-state index contributed by atoms with van der Waals surface area (Å²) in [7, 11) is 0. The molecule has 0 aromatic heterocycles. The predicted octanol–water partition coefficient (Wildman–Crippen LogP) is 2.96. The summed E-state index contributed by atoms with van der Waals surface area (Å²) in [5.74, 6) is 1.46. The highest BCUT2D eigenvalue weighted by molar-refractivity contribution is 5.66. The number of fused-ring (bicyclic) bond motifs is 5. The van der Waals surface area contributed by atoms with Crippen LogP contribution in [0.5, 0.6) is 0 Å². The second-order valence-electron chi connectivity index (χ2n) is 9.21. The maximum atomic E-state index is 11.5. The zero-order valence-corrected chi connectivity index (χ0v) is 15.6. The van der Waals surface area contributed by atoms with Crippen LogP contribution in [0.3, 0.4) is 0 Å². The number of hydrogen-bond donors (Lipinski definition) is 2. The van der Waals surface area contributed by atoms with Crippen LogP contribution in [0.2, 0.25) is 0 Å². The molecule has 4 aliphatic carbocycles. The number of hydrogen-bond acceptors (Lipinski definition) is 4. The quantitative estimate of drug-likeness (QED) is 0.566. The molecular formula is C21H31NO3. The van der Waals surface area contributed by atoms with Gasteiger partial charge in [-0.05, 0) is 55.3 Å². The van der Waals surface area contributed by atoms with Gasteiger partial charge in [0.05, 0.1) is 6.10 Å². The number of aliphatic hydroxyl groups excluding tert-OH is 1. The molecule has 0 amide bonds. The number of carbonyl (C=O) groups excluding carboxylic acids is 1. The largest absolute Gasteiger partial charge is 0.461 e. The van der Waals surface area contributed by atoms with Gasteiger partial charge in [-0.15, -0.1) is 0 Å². The van der Waals surface area contributed by atoms with Gasteiger partial charge >= 0.3 is 5.97 Å². The molecule has 8 atom stereocenters. The maximum Gasteiger partial charge on any atom is 0.302 e. The molecule has 0 aliphatic heterocycles. The van der Waals surface area contributed by atoms with Gasteiger partial charge in [0.2, 0.25) is 0 Å². The van der Waals surface area contributed by atoms with E-state index in [4.69, 9.17) is 10.5 Å². The predicted molar refractivity (Wildman–Crippen MR) is 96.5 cm³/mol. The lowest BCUT2D eigenvalue weighted by Crippen LogP contribution is -2.52. The Morgan fingerprint density at radius 1 is 1.36 bits per heavy atom. The first-order chi connectivity index (χ1) is 11.8. The molecule has 0 aromatic rings. The van der Waals surface area contributed by atoms with Crippen molar-refractivity contribution < 1.29 is 14.6 Å². The minimum atomic E-state index is -0.335. The van der Waals surface area contributed by atoms with Gasteiger partial charge in [0.1, 0.15) is 6.10 Å². The maximum absolute atomic E-state index is 11.5. The lowest BCUT2D eigenvalue weighted by Gasteiger charge is -2.56. The Balaban J connectivity index is 1.65. The van der Waals surface area contributed by atoms with Crippen molar-refractivity contribution >= 4 is 5.97 Å². The van der Waals surface area contributed by atoms with Gasteiger partial charge in [0.25, 0.3) is 0 Å². The number of nitrogens with two attached hydrogens (primary N) is 1. The molecule has 4 heteroatoms. The Morgan fingerprint density at radius 3 is 2.84 bits per heavy atom. The molecule has 2 saturated carbocycles. The second kappa shape index (κ2) is 5.68. The number of carbonyl (C=O) groups is 1. The van der Waals surface area contributed by atoms with Gasteiger partial charge in [0, 0.05) is 18.4 Å². The number of allylic oxidation sites excluding steroid dienone is 2. The van der Waals surface area contributed by atoms with Crippen LogP contribution < -0.4 is 5.73 Å². The van der Waals surface area contributed by atoms with Crippen LogP contribution in [0.1, 0.15) is 52.9 Å². The molecule has 25 heavy (non-hydrogen) atoms. The van der Waals surface area contributed by atoms with Gasteiger partial charge in [-0.25, -0.2) is 0 Å². The lowest BCUT2D eigenvalue weighted by molar-refractivity contribution is -0.147. The number of rotatable bonds is 1. The van der Waals surface area contributed by atoms with Crippen molar-refractivity contribution in [3.8, 4) is 0 Å².